The number of fused-ring (bicyclic) bond motifs is 1. The summed E-state index contributed by atoms with van der Waals surface area (Å²) in [6.07, 6.45) is 0. The number of para-hydroxylation sites is 1. The minimum absolute atomic E-state index is 0.238. The number of ether oxygens (including phenoxy) is 1. The summed E-state index contributed by atoms with van der Waals surface area (Å²) in [5, 5.41) is -0.390. The van der Waals surface area contributed by atoms with Gasteiger partial charge in [-0.15, -0.1) is 11.6 Å². The van der Waals surface area contributed by atoms with E-state index in [2.05, 4.69) is 25.9 Å². The van der Waals surface area contributed by atoms with Crippen molar-refractivity contribution in [2.45, 2.75) is 5.38 Å². The van der Waals surface area contributed by atoms with Gasteiger partial charge in [0.1, 0.15) is 5.75 Å². The number of imidazole rings is 1. The highest BCUT2D eigenvalue weighted by molar-refractivity contribution is 9.10. The van der Waals surface area contributed by atoms with Crippen LogP contribution in [0.2, 0.25) is 0 Å². The van der Waals surface area contributed by atoms with E-state index in [-0.39, 0.29) is 5.69 Å². The first-order valence-corrected chi connectivity index (χ1v) is 7.51. The van der Waals surface area contributed by atoms with Gasteiger partial charge < -0.3 is 14.7 Å². The normalized spacial score (nSPS) is 12.5. The molecule has 0 saturated carbocycles. The molecule has 1 aromatic heterocycles. The Bertz CT molecular complexity index is 856. The number of alkyl halides is 1. The molecule has 0 fully saturated rings. The van der Waals surface area contributed by atoms with Gasteiger partial charge in [-0.3, -0.25) is 0 Å². The Morgan fingerprint density at radius 1 is 1.14 bits per heavy atom. The van der Waals surface area contributed by atoms with E-state index in [1.807, 2.05) is 36.4 Å². The van der Waals surface area contributed by atoms with Crippen molar-refractivity contribution >= 4 is 38.6 Å². The van der Waals surface area contributed by atoms with Crippen LogP contribution in [0.3, 0.4) is 0 Å². The zero-order valence-electron chi connectivity index (χ0n) is 11.1. The van der Waals surface area contributed by atoms with Crippen molar-refractivity contribution in [2.75, 3.05) is 7.11 Å². The lowest BCUT2D eigenvalue weighted by atomic mass is 10.0. The van der Waals surface area contributed by atoms with Gasteiger partial charge >= 0.3 is 5.69 Å². The molecule has 2 aromatic carbocycles. The van der Waals surface area contributed by atoms with E-state index in [9.17, 15) is 4.79 Å². The number of halogens is 2. The summed E-state index contributed by atoms with van der Waals surface area (Å²) in [4.78, 5) is 16.8. The largest absolute Gasteiger partial charge is 0.496 e. The number of methoxy groups -OCH3 is 1. The van der Waals surface area contributed by atoms with Crippen LogP contribution in [0.1, 0.15) is 16.5 Å². The molecule has 0 aliphatic rings. The van der Waals surface area contributed by atoms with Crippen molar-refractivity contribution in [1.29, 1.82) is 0 Å². The maximum Gasteiger partial charge on any atom is 0.323 e. The number of benzene rings is 2. The van der Waals surface area contributed by atoms with Gasteiger partial charge in [0.15, 0.2) is 0 Å². The van der Waals surface area contributed by atoms with Gasteiger partial charge in [0.2, 0.25) is 0 Å². The average Bonchev–Trinajstić information content (AvgIpc) is 2.84. The summed E-state index contributed by atoms with van der Waals surface area (Å²) < 4.78 is 6.19. The second kappa shape index (κ2) is 5.58. The molecule has 108 valence electrons. The molecule has 3 rings (SSSR count). The summed E-state index contributed by atoms with van der Waals surface area (Å²) in [6, 6.07) is 11.3. The fourth-order valence-electron chi connectivity index (χ4n) is 2.31. The monoisotopic (exact) mass is 366 g/mol. The van der Waals surface area contributed by atoms with E-state index in [1.165, 1.54) is 0 Å². The molecule has 0 amide bonds. The van der Waals surface area contributed by atoms with E-state index in [0.29, 0.717) is 0 Å². The quantitative estimate of drug-likeness (QED) is 0.689. The van der Waals surface area contributed by atoms with Crippen LogP contribution in [0.5, 0.6) is 5.75 Å². The summed E-state index contributed by atoms with van der Waals surface area (Å²) in [5.41, 5.74) is 2.96. The molecule has 21 heavy (non-hydrogen) atoms. The molecular formula is C15H12BrClN2O2. The van der Waals surface area contributed by atoms with Gasteiger partial charge in [0, 0.05) is 10.0 Å². The van der Waals surface area contributed by atoms with E-state index >= 15 is 0 Å². The molecule has 1 heterocycles. The maximum atomic E-state index is 11.4. The number of aromatic nitrogens is 2. The molecule has 0 aliphatic heterocycles. The molecular weight excluding hydrogens is 356 g/mol. The van der Waals surface area contributed by atoms with Crippen LogP contribution in [0.25, 0.3) is 11.0 Å². The molecule has 0 bridgehead atoms. The van der Waals surface area contributed by atoms with Crippen LogP contribution < -0.4 is 10.4 Å². The van der Waals surface area contributed by atoms with E-state index in [1.54, 1.807) is 7.11 Å². The van der Waals surface area contributed by atoms with Gasteiger partial charge in [0.25, 0.3) is 0 Å². The number of H-pyrrole nitrogens is 2. The number of hydrogen-bond donors (Lipinski definition) is 2. The predicted molar refractivity (Wildman–Crippen MR) is 87.3 cm³/mol. The fourth-order valence-corrected chi connectivity index (χ4v) is 3.38. The molecule has 1 atom stereocenters. The van der Waals surface area contributed by atoms with Crippen LogP contribution in [0.15, 0.2) is 45.7 Å². The highest BCUT2D eigenvalue weighted by Crippen LogP contribution is 2.39. The number of nitrogens with one attached hydrogen (secondary N) is 2. The summed E-state index contributed by atoms with van der Waals surface area (Å²) in [6.45, 7) is 0. The van der Waals surface area contributed by atoms with Crippen molar-refractivity contribution in [3.63, 3.8) is 0 Å². The Kier molecular flexibility index (Phi) is 3.78. The maximum absolute atomic E-state index is 11.4. The van der Waals surface area contributed by atoms with E-state index < -0.39 is 5.38 Å². The smallest absolute Gasteiger partial charge is 0.323 e. The zero-order chi connectivity index (χ0) is 15.0. The highest BCUT2D eigenvalue weighted by atomic mass is 79.9. The van der Waals surface area contributed by atoms with Gasteiger partial charge in [-0.2, -0.15) is 0 Å². The van der Waals surface area contributed by atoms with Crippen molar-refractivity contribution in [3.05, 3.63) is 62.5 Å². The lowest BCUT2D eigenvalue weighted by molar-refractivity contribution is 0.410. The molecule has 2 N–H and O–H groups in total. The van der Waals surface area contributed by atoms with E-state index in [0.717, 1.165) is 32.4 Å². The lowest BCUT2D eigenvalue weighted by Crippen LogP contribution is -1.99. The zero-order valence-corrected chi connectivity index (χ0v) is 13.5. The first-order valence-electron chi connectivity index (χ1n) is 6.28. The Morgan fingerprint density at radius 2 is 1.81 bits per heavy atom. The van der Waals surface area contributed by atoms with E-state index in [4.69, 9.17) is 16.3 Å². The van der Waals surface area contributed by atoms with Crippen LogP contribution in [0, 0.1) is 0 Å². The minimum Gasteiger partial charge on any atom is -0.496 e. The Morgan fingerprint density at radius 3 is 2.52 bits per heavy atom. The number of hydrogen-bond acceptors (Lipinski definition) is 2. The molecule has 6 heteroatoms. The van der Waals surface area contributed by atoms with Crippen molar-refractivity contribution in [2.24, 2.45) is 0 Å². The second-order valence-corrected chi connectivity index (χ2v) is 5.89. The van der Waals surface area contributed by atoms with Crippen molar-refractivity contribution < 1.29 is 4.74 Å². The Balaban J connectivity index is 2.14. The Hall–Kier alpha value is -1.72. The Labute approximate surface area is 134 Å². The van der Waals surface area contributed by atoms with Gasteiger partial charge in [-0.05, 0) is 23.8 Å². The first kappa shape index (κ1) is 14.2. The van der Waals surface area contributed by atoms with Crippen LogP contribution in [0.4, 0.5) is 0 Å². The molecule has 0 radical (unpaired) electrons. The van der Waals surface area contributed by atoms with Crippen molar-refractivity contribution in [3.8, 4) is 5.75 Å². The van der Waals surface area contributed by atoms with Gasteiger partial charge in [0.05, 0.1) is 23.5 Å². The lowest BCUT2D eigenvalue weighted by Gasteiger charge is -2.15. The summed E-state index contributed by atoms with van der Waals surface area (Å²) in [5.74, 6) is 0.729. The molecule has 3 aromatic rings. The van der Waals surface area contributed by atoms with Gasteiger partial charge in [-0.1, -0.05) is 34.1 Å². The van der Waals surface area contributed by atoms with Crippen LogP contribution in [-0.4, -0.2) is 17.1 Å². The molecule has 0 saturated heterocycles. The van der Waals surface area contributed by atoms with Crippen LogP contribution >= 0.6 is 27.5 Å². The molecule has 1 unspecified atom stereocenters. The third-order valence-electron chi connectivity index (χ3n) is 3.32. The minimum atomic E-state index is -0.390. The van der Waals surface area contributed by atoms with Crippen molar-refractivity contribution in [1.82, 2.24) is 9.97 Å². The third-order valence-corrected chi connectivity index (χ3v) is 4.48. The molecule has 0 aliphatic carbocycles. The molecule has 4 nitrogen and oxygen atoms in total. The number of aromatic amines is 2. The predicted octanol–water partition coefficient (Wildman–Crippen LogP) is 3.96. The summed E-state index contributed by atoms with van der Waals surface area (Å²) in [7, 11) is 1.62. The SMILES string of the molecule is COc1ccccc1C(Cl)c1cc2[nH]c(=O)[nH]c2cc1Br. The number of rotatable bonds is 3. The fraction of sp³-hybridized carbons (Fsp3) is 0.133. The second-order valence-electron chi connectivity index (χ2n) is 4.60. The average molecular weight is 368 g/mol. The third kappa shape index (κ3) is 2.59. The standard InChI is InChI=1S/C15H12BrClN2O2/c1-21-13-5-3-2-4-8(13)14(17)9-6-11-12(7-10(9)16)19-15(20)18-11/h2-7,14H,1H3,(H2,18,19,20). The molecule has 0 spiro atoms. The summed E-state index contributed by atoms with van der Waals surface area (Å²) >= 11 is 10.1. The van der Waals surface area contributed by atoms with Gasteiger partial charge in [-0.25, -0.2) is 4.79 Å². The topological polar surface area (TPSA) is 57.9 Å². The first-order chi connectivity index (χ1) is 10.1. The highest BCUT2D eigenvalue weighted by Gasteiger charge is 2.19. The van der Waals surface area contributed by atoms with Crippen LogP contribution in [-0.2, 0) is 0 Å².